The van der Waals surface area contributed by atoms with Crippen molar-refractivity contribution in [1.29, 1.82) is 0 Å². The zero-order chi connectivity index (χ0) is 11.4. The Kier molecular flexibility index (Phi) is 4.22. The number of hydrogen-bond donors (Lipinski definition) is 0. The van der Waals surface area contributed by atoms with Crippen LogP contribution in [0.25, 0.3) is 0 Å². The number of carbonyl (C=O) groups is 1. The fourth-order valence-corrected chi connectivity index (χ4v) is 2.82. The summed E-state index contributed by atoms with van der Waals surface area (Å²) >= 11 is 0. The molecule has 0 spiro atoms. The van der Waals surface area contributed by atoms with Crippen molar-refractivity contribution in [3.63, 3.8) is 0 Å². The van der Waals surface area contributed by atoms with E-state index in [4.69, 9.17) is 0 Å². The van der Waals surface area contributed by atoms with Crippen LogP contribution in [-0.4, -0.2) is 48.9 Å². The van der Waals surface area contributed by atoms with E-state index in [1.54, 1.807) is 0 Å². The van der Waals surface area contributed by atoms with Gasteiger partial charge in [-0.2, -0.15) is 0 Å². The van der Waals surface area contributed by atoms with Crippen LogP contribution in [0.4, 0.5) is 0 Å². The molecule has 1 aliphatic carbocycles. The number of nitrogens with zero attached hydrogens (tertiary/aromatic N) is 2. The molecule has 0 N–H and O–H groups in total. The third-order valence-electron chi connectivity index (χ3n) is 4.04. The summed E-state index contributed by atoms with van der Waals surface area (Å²) in [5.74, 6) is 1.08. The van der Waals surface area contributed by atoms with Gasteiger partial charge in [0.2, 0.25) is 5.91 Å². The van der Waals surface area contributed by atoms with Gasteiger partial charge in [0.15, 0.2) is 0 Å². The predicted octanol–water partition coefficient (Wildman–Crippen LogP) is 1.73. The van der Waals surface area contributed by atoms with E-state index in [1.807, 2.05) is 0 Å². The fourth-order valence-electron chi connectivity index (χ4n) is 2.82. The fraction of sp³-hybridized carbons (Fsp3) is 0.923. The minimum absolute atomic E-state index is 0.403. The Labute approximate surface area is 98.8 Å². The topological polar surface area (TPSA) is 23.6 Å². The third kappa shape index (κ3) is 3.21. The van der Waals surface area contributed by atoms with E-state index >= 15 is 0 Å². The van der Waals surface area contributed by atoms with Crippen LogP contribution >= 0.6 is 0 Å². The molecule has 92 valence electrons. The molecule has 0 bridgehead atoms. The number of carbonyl (C=O) groups excluding carboxylic acids is 1. The van der Waals surface area contributed by atoms with Crippen LogP contribution in [0, 0.1) is 5.92 Å². The summed E-state index contributed by atoms with van der Waals surface area (Å²) in [5, 5.41) is 0. The first-order valence-electron chi connectivity index (χ1n) is 6.72. The highest BCUT2D eigenvalue weighted by Crippen LogP contribution is 2.26. The summed E-state index contributed by atoms with van der Waals surface area (Å²) in [6, 6.07) is 0. The van der Waals surface area contributed by atoms with Crippen LogP contribution in [0.5, 0.6) is 0 Å². The number of piperazine rings is 1. The van der Waals surface area contributed by atoms with Crippen LogP contribution < -0.4 is 0 Å². The maximum absolute atomic E-state index is 12.1. The molecule has 0 aromatic heterocycles. The first-order valence-corrected chi connectivity index (χ1v) is 6.72. The van der Waals surface area contributed by atoms with Gasteiger partial charge < -0.3 is 9.80 Å². The van der Waals surface area contributed by atoms with Gasteiger partial charge >= 0.3 is 0 Å². The highest BCUT2D eigenvalue weighted by molar-refractivity contribution is 5.76. The molecule has 2 rings (SSSR count). The van der Waals surface area contributed by atoms with Crippen molar-refractivity contribution in [2.45, 2.75) is 38.5 Å². The highest BCUT2D eigenvalue weighted by atomic mass is 16.2. The van der Waals surface area contributed by atoms with Crippen molar-refractivity contribution < 1.29 is 4.79 Å². The summed E-state index contributed by atoms with van der Waals surface area (Å²) < 4.78 is 0. The van der Waals surface area contributed by atoms with Crippen molar-refractivity contribution in [3.8, 4) is 0 Å². The molecule has 16 heavy (non-hydrogen) atoms. The van der Waals surface area contributed by atoms with E-state index < -0.39 is 0 Å². The van der Waals surface area contributed by atoms with E-state index in [2.05, 4.69) is 16.8 Å². The molecule has 3 nitrogen and oxygen atoms in total. The van der Waals surface area contributed by atoms with Gasteiger partial charge in [0.25, 0.3) is 0 Å². The third-order valence-corrected chi connectivity index (χ3v) is 4.04. The summed E-state index contributed by atoms with van der Waals surface area (Å²) in [6.45, 7) is 3.94. The van der Waals surface area contributed by atoms with Crippen molar-refractivity contribution in [2.75, 3.05) is 33.2 Å². The van der Waals surface area contributed by atoms with Gasteiger partial charge in [-0.25, -0.2) is 0 Å². The first kappa shape index (κ1) is 11.9. The largest absolute Gasteiger partial charge is 0.340 e. The Hall–Kier alpha value is -0.570. The molecule has 1 heterocycles. The van der Waals surface area contributed by atoms with Crippen LogP contribution in [0.15, 0.2) is 0 Å². The van der Waals surface area contributed by atoms with Gasteiger partial charge in [-0.3, -0.25) is 4.79 Å². The molecule has 2 fully saturated rings. The number of hydrogen-bond acceptors (Lipinski definition) is 2. The summed E-state index contributed by atoms with van der Waals surface area (Å²) in [5.41, 5.74) is 0. The van der Waals surface area contributed by atoms with E-state index in [-0.39, 0.29) is 0 Å². The second kappa shape index (κ2) is 5.67. The molecule has 1 saturated carbocycles. The van der Waals surface area contributed by atoms with Crippen molar-refractivity contribution in [2.24, 2.45) is 5.92 Å². The van der Waals surface area contributed by atoms with Gasteiger partial charge in [0.1, 0.15) is 0 Å². The normalized spacial score (nSPS) is 24.7. The lowest BCUT2D eigenvalue weighted by atomic mass is 9.86. The maximum Gasteiger partial charge on any atom is 0.222 e. The van der Waals surface area contributed by atoms with Crippen molar-refractivity contribution in [1.82, 2.24) is 9.80 Å². The predicted molar refractivity (Wildman–Crippen MR) is 65.3 cm³/mol. The second-order valence-corrected chi connectivity index (χ2v) is 5.39. The van der Waals surface area contributed by atoms with Gasteiger partial charge in [-0.1, -0.05) is 19.3 Å². The van der Waals surface area contributed by atoms with Crippen molar-refractivity contribution >= 4 is 5.91 Å². The van der Waals surface area contributed by atoms with Crippen LogP contribution in [0.3, 0.4) is 0 Å². The Bertz CT molecular complexity index is 228. The lowest BCUT2D eigenvalue weighted by molar-refractivity contribution is -0.134. The summed E-state index contributed by atoms with van der Waals surface area (Å²) in [4.78, 5) is 16.4. The highest BCUT2D eigenvalue weighted by Gasteiger charge is 2.23. The molecule has 0 aromatic rings. The van der Waals surface area contributed by atoms with Crippen LogP contribution in [0.2, 0.25) is 0 Å². The molecule has 0 radical (unpaired) electrons. The maximum atomic E-state index is 12.1. The molecule has 1 aliphatic heterocycles. The molecule has 1 amide bonds. The van der Waals surface area contributed by atoms with Crippen molar-refractivity contribution in [3.05, 3.63) is 0 Å². The molecular weight excluding hydrogens is 200 g/mol. The quantitative estimate of drug-likeness (QED) is 0.713. The zero-order valence-electron chi connectivity index (χ0n) is 10.5. The number of likely N-dealkylation sites (N-methyl/N-ethyl adjacent to an activating group) is 1. The average molecular weight is 224 g/mol. The Balaban J connectivity index is 1.74. The number of rotatable bonds is 2. The number of amides is 1. The minimum atomic E-state index is 0.403. The van der Waals surface area contributed by atoms with Gasteiger partial charge in [0.05, 0.1) is 0 Å². The zero-order valence-corrected chi connectivity index (χ0v) is 10.5. The molecule has 0 atom stereocenters. The Morgan fingerprint density at radius 1 is 1.06 bits per heavy atom. The van der Waals surface area contributed by atoms with Gasteiger partial charge in [0, 0.05) is 32.6 Å². The Morgan fingerprint density at radius 3 is 2.31 bits per heavy atom. The van der Waals surface area contributed by atoms with E-state index in [1.165, 1.54) is 32.1 Å². The monoisotopic (exact) mass is 224 g/mol. The van der Waals surface area contributed by atoms with E-state index in [9.17, 15) is 4.79 Å². The smallest absolute Gasteiger partial charge is 0.222 e. The minimum Gasteiger partial charge on any atom is -0.340 e. The standard InChI is InChI=1S/C13H24N2O/c1-14-7-9-15(10-8-14)13(16)11-12-5-3-2-4-6-12/h12H,2-11H2,1H3. The molecule has 3 heteroatoms. The molecule has 0 aromatic carbocycles. The Morgan fingerprint density at radius 2 is 1.69 bits per heavy atom. The average Bonchev–Trinajstić information content (AvgIpc) is 2.31. The second-order valence-electron chi connectivity index (χ2n) is 5.39. The van der Waals surface area contributed by atoms with E-state index in [0.717, 1.165) is 32.6 Å². The molecule has 0 unspecified atom stereocenters. The van der Waals surface area contributed by atoms with Gasteiger partial charge in [-0.15, -0.1) is 0 Å². The van der Waals surface area contributed by atoms with E-state index in [0.29, 0.717) is 11.8 Å². The van der Waals surface area contributed by atoms with Crippen LogP contribution in [-0.2, 0) is 4.79 Å². The summed E-state index contributed by atoms with van der Waals surface area (Å²) in [6.07, 6.45) is 7.41. The summed E-state index contributed by atoms with van der Waals surface area (Å²) in [7, 11) is 2.13. The molecule has 1 saturated heterocycles. The van der Waals surface area contributed by atoms with Crippen LogP contribution in [0.1, 0.15) is 38.5 Å². The first-order chi connectivity index (χ1) is 7.75. The lowest BCUT2D eigenvalue weighted by Crippen LogP contribution is -2.47. The molecule has 2 aliphatic rings. The SMILES string of the molecule is CN1CCN(C(=O)CC2CCCCC2)CC1. The van der Waals surface area contributed by atoms with Gasteiger partial charge in [-0.05, 0) is 25.8 Å². The lowest BCUT2D eigenvalue weighted by Gasteiger charge is -2.33. The molecular formula is C13H24N2O.